The molecule has 0 bridgehead atoms. The highest BCUT2D eigenvalue weighted by molar-refractivity contribution is 6.25. The predicted molar refractivity (Wildman–Crippen MR) is 60.4 cm³/mol. The minimum Gasteiger partial charge on any atom is -0.299 e. The fraction of sp³-hybridized carbons (Fsp3) is 0.750. The average molecular weight is 215 g/mol. The molecule has 0 amide bonds. The summed E-state index contributed by atoms with van der Waals surface area (Å²) in [5.74, 6) is 1.45. The Hall–Kier alpha value is -0.300. The Morgan fingerprint density at radius 3 is 3.00 bits per heavy atom. The highest BCUT2D eigenvalue weighted by Gasteiger charge is 2.26. The Morgan fingerprint density at radius 1 is 1.57 bits per heavy atom. The van der Waals surface area contributed by atoms with Gasteiger partial charge in [0.1, 0.15) is 5.78 Å². The molecule has 0 aromatic heterocycles. The van der Waals surface area contributed by atoms with Gasteiger partial charge in [0.15, 0.2) is 0 Å². The second-order valence-corrected chi connectivity index (χ2v) is 4.44. The zero-order valence-corrected chi connectivity index (χ0v) is 9.59. The summed E-state index contributed by atoms with van der Waals surface area (Å²) < 4.78 is 0. The zero-order chi connectivity index (χ0) is 10.4. The maximum atomic E-state index is 11.6. The minimum atomic E-state index is 0.246. The summed E-state index contributed by atoms with van der Waals surface area (Å²) in [4.78, 5) is 11.6. The van der Waals surface area contributed by atoms with E-state index in [1.54, 1.807) is 0 Å². The number of carbonyl (C=O) groups excluding carboxylic acids is 1. The summed E-state index contributed by atoms with van der Waals surface area (Å²) in [6.45, 7) is 2.21. The van der Waals surface area contributed by atoms with Crippen molar-refractivity contribution in [1.29, 1.82) is 0 Å². The molecule has 1 fully saturated rings. The molecule has 2 heteroatoms. The van der Waals surface area contributed by atoms with Crippen LogP contribution in [0, 0.1) is 11.8 Å². The van der Waals surface area contributed by atoms with Crippen LogP contribution in [0.1, 0.15) is 45.4 Å². The van der Waals surface area contributed by atoms with Gasteiger partial charge in [-0.2, -0.15) is 0 Å². The maximum Gasteiger partial charge on any atom is 0.136 e. The Labute approximate surface area is 91.5 Å². The molecule has 0 spiro atoms. The zero-order valence-electron chi connectivity index (χ0n) is 8.84. The van der Waals surface area contributed by atoms with Gasteiger partial charge in [-0.25, -0.2) is 0 Å². The van der Waals surface area contributed by atoms with E-state index in [0.717, 1.165) is 31.6 Å². The number of ketones is 1. The molecule has 1 nitrogen and oxygen atoms in total. The molecule has 1 aliphatic rings. The van der Waals surface area contributed by atoms with Crippen LogP contribution in [0.4, 0.5) is 0 Å². The van der Waals surface area contributed by atoms with E-state index in [0.29, 0.717) is 5.78 Å². The number of hydrogen-bond acceptors (Lipinski definition) is 1. The SMILES string of the molecule is CCCC1CCC(=O)C(C/C=C/Cl)C1. The standard InChI is InChI=1S/C12H19ClO/c1-2-4-10-6-7-12(14)11(9-10)5-3-8-13/h3,8,10-11H,2,4-7,9H2,1H3/b8-3+. The van der Waals surface area contributed by atoms with E-state index in [2.05, 4.69) is 6.92 Å². The molecule has 0 aromatic rings. The van der Waals surface area contributed by atoms with Crippen LogP contribution in [0.5, 0.6) is 0 Å². The monoisotopic (exact) mass is 214 g/mol. The highest BCUT2D eigenvalue weighted by Crippen LogP contribution is 2.31. The van der Waals surface area contributed by atoms with Crippen LogP contribution in [0.15, 0.2) is 11.6 Å². The smallest absolute Gasteiger partial charge is 0.136 e. The summed E-state index contributed by atoms with van der Waals surface area (Å²) in [7, 11) is 0. The lowest BCUT2D eigenvalue weighted by atomic mass is 9.77. The van der Waals surface area contributed by atoms with Crippen LogP contribution in [0.25, 0.3) is 0 Å². The molecular formula is C12H19ClO. The van der Waals surface area contributed by atoms with Crippen LogP contribution in [0.3, 0.4) is 0 Å². The first-order valence-corrected chi connectivity index (χ1v) is 5.99. The Morgan fingerprint density at radius 2 is 2.36 bits per heavy atom. The molecule has 0 aromatic carbocycles. The molecule has 1 rings (SSSR count). The molecule has 0 heterocycles. The molecule has 2 atom stereocenters. The lowest BCUT2D eigenvalue weighted by molar-refractivity contribution is -0.125. The Balaban J connectivity index is 2.42. The van der Waals surface area contributed by atoms with Crippen LogP contribution in [0.2, 0.25) is 0 Å². The van der Waals surface area contributed by atoms with Gasteiger partial charge in [-0.15, -0.1) is 0 Å². The summed E-state index contributed by atoms with van der Waals surface area (Å²) >= 11 is 5.47. The molecule has 1 saturated carbocycles. The number of hydrogen-bond donors (Lipinski definition) is 0. The maximum absolute atomic E-state index is 11.6. The van der Waals surface area contributed by atoms with Crippen LogP contribution >= 0.6 is 11.6 Å². The second-order valence-electron chi connectivity index (χ2n) is 4.19. The molecule has 14 heavy (non-hydrogen) atoms. The lowest BCUT2D eigenvalue weighted by Crippen LogP contribution is -2.24. The van der Waals surface area contributed by atoms with Crippen molar-refractivity contribution in [1.82, 2.24) is 0 Å². The van der Waals surface area contributed by atoms with Crippen molar-refractivity contribution in [2.24, 2.45) is 11.8 Å². The van der Waals surface area contributed by atoms with Crippen molar-refractivity contribution < 1.29 is 4.79 Å². The van der Waals surface area contributed by atoms with Crippen LogP contribution in [-0.2, 0) is 4.79 Å². The van der Waals surface area contributed by atoms with E-state index in [1.807, 2.05) is 6.08 Å². The quantitative estimate of drug-likeness (QED) is 0.694. The largest absolute Gasteiger partial charge is 0.299 e. The molecule has 0 aliphatic heterocycles. The topological polar surface area (TPSA) is 17.1 Å². The lowest BCUT2D eigenvalue weighted by Gasteiger charge is -2.27. The predicted octanol–water partition coefficient (Wildman–Crippen LogP) is 3.91. The van der Waals surface area contributed by atoms with E-state index in [9.17, 15) is 4.79 Å². The van der Waals surface area contributed by atoms with Gasteiger partial charge in [0, 0.05) is 17.9 Å². The van der Waals surface area contributed by atoms with Crippen LogP contribution in [-0.4, -0.2) is 5.78 Å². The average Bonchev–Trinajstić information content (AvgIpc) is 2.19. The van der Waals surface area contributed by atoms with Gasteiger partial charge < -0.3 is 0 Å². The third-order valence-corrected chi connectivity index (χ3v) is 3.26. The fourth-order valence-corrected chi connectivity index (χ4v) is 2.42. The number of carbonyl (C=O) groups is 1. The summed E-state index contributed by atoms with van der Waals surface area (Å²) in [6.07, 6.45) is 8.21. The fourth-order valence-electron chi connectivity index (χ4n) is 2.32. The molecule has 80 valence electrons. The van der Waals surface area contributed by atoms with Gasteiger partial charge in [-0.05, 0) is 25.2 Å². The number of allylic oxidation sites excluding steroid dienone is 1. The first-order chi connectivity index (χ1) is 6.77. The minimum absolute atomic E-state index is 0.246. The van der Waals surface area contributed by atoms with Gasteiger partial charge in [0.05, 0.1) is 0 Å². The number of rotatable bonds is 4. The summed E-state index contributed by atoms with van der Waals surface area (Å²) in [5.41, 5.74) is 1.52. The first kappa shape index (κ1) is 11.8. The van der Waals surface area contributed by atoms with E-state index < -0.39 is 0 Å². The Bertz CT molecular complexity index is 210. The van der Waals surface area contributed by atoms with Crippen molar-refractivity contribution >= 4 is 17.4 Å². The molecular weight excluding hydrogens is 196 g/mol. The summed E-state index contributed by atoms with van der Waals surface area (Å²) in [5, 5.41) is 0. The molecule has 1 aliphatic carbocycles. The van der Waals surface area contributed by atoms with E-state index in [-0.39, 0.29) is 5.92 Å². The van der Waals surface area contributed by atoms with Crippen molar-refractivity contribution in [3.63, 3.8) is 0 Å². The molecule has 0 saturated heterocycles. The van der Waals surface area contributed by atoms with E-state index >= 15 is 0 Å². The third kappa shape index (κ3) is 3.45. The first-order valence-electron chi connectivity index (χ1n) is 5.55. The van der Waals surface area contributed by atoms with Gasteiger partial charge >= 0.3 is 0 Å². The van der Waals surface area contributed by atoms with Crippen molar-refractivity contribution in [3.05, 3.63) is 11.6 Å². The normalized spacial score (nSPS) is 28.6. The van der Waals surface area contributed by atoms with Crippen molar-refractivity contribution in [3.8, 4) is 0 Å². The molecule has 2 unspecified atom stereocenters. The third-order valence-electron chi connectivity index (χ3n) is 3.08. The van der Waals surface area contributed by atoms with E-state index in [4.69, 9.17) is 11.6 Å². The molecule has 0 radical (unpaired) electrons. The molecule has 0 N–H and O–H groups in total. The van der Waals surface area contributed by atoms with Gasteiger partial charge in [0.2, 0.25) is 0 Å². The number of Topliss-reactive ketones (excluding diaryl/α,β-unsaturated/α-hetero) is 1. The van der Waals surface area contributed by atoms with E-state index in [1.165, 1.54) is 18.4 Å². The van der Waals surface area contributed by atoms with Gasteiger partial charge in [0.25, 0.3) is 0 Å². The number of halogens is 1. The van der Waals surface area contributed by atoms with Gasteiger partial charge in [-0.3, -0.25) is 4.79 Å². The summed E-state index contributed by atoms with van der Waals surface area (Å²) in [6, 6.07) is 0. The highest BCUT2D eigenvalue weighted by atomic mass is 35.5. The van der Waals surface area contributed by atoms with Crippen LogP contribution < -0.4 is 0 Å². The second kappa shape index (κ2) is 6.23. The van der Waals surface area contributed by atoms with Crippen molar-refractivity contribution in [2.45, 2.75) is 45.4 Å². The van der Waals surface area contributed by atoms with Crippen molar-refractivity contribution in [2.75, 3.05) is 0 Å². The van der Waals surface area contributed by atoms with Gasteiger partial charge in [-0.1, -0.05) is 37.4 Å². The Kier molecular flexibility index (Phi) is 5.24.